The first-order chi connectivity index (χ1) is 26.3. The third-order valence-electron chi connectivity index (χ3n) is 10.3. The molecule has 10 aromatic rings. The fourth-order valence-corrected chi connectivity index (χ4v) is 7.83. The van der Waals surface area contributed by atoms with Crippen LogP contribution in [0.2, 0.25) is 0 Å². The third-order valence-corrected chi connectivity index (χ3v) is 10.3. The molecular formula is C50H33N3. The molecule has 3 nitrogen and oxygen atoms in total. The Morgan fingerprint density at radius 2 is 0.887 bits per heavy atom. The van der Waals surface area contributed by atoms with Crippen LogP contribution < -0.4 is 4.90 Å². The number of nitrogens with zero attached hydrogens (tertiary/aromatic N) is 3. The van der Waals surface area contributed by atoms with Crippen LogP contribution in [-0.2, 0) is 0 Å². The highest BCUT2D eigenvalue weighted by molar-refractivity contribution is 6.22. The number of benzene rings is 8. The fraction of sp³-hybridized carbons (Fsp3) is 0. The lowest BCUT2D eigenvalue weighted by atomic mass is 9.84. The predicted octanol–water partition coefficient (Wildman–Crippen LogP) is 13.6. The Kier molecular flexibility index (Phi) is 7.47. The summed E-state index contributed by atoms with van der Waals surface area (Å²) in [4.78, 5) is 12.4. The molecule has 0 spiro atoms. The van der Waals surface area contributed by atoms with E-state index in [1.807, 2.05) is 12.3 Å². The normalized spacial score (nSPS) is 11.4. The lowest BCUT2D eigenvalue weighted by Crippen LogP contribution is -2.11. The van der Waals surface area contributed by atoms with E-state index >= 15 is 0 Å². The molecule has 8 aromatic carbocycles. The molecule has 0 aliphatic carbocycles. The summed E-state index contributed by atoms with van der Waals surface area (Å²) in [6.07, 6.45) is 1.84. The first kappa shape index (κ1) is 30.7. The summed E-state index contributed by atoms with van der Waals surface area (Å²) in [5.41, 5.74) is 11.1. The molecule has 0 aliphatic rings. The second-order valence-corrected chi connectivity index (χ2v) is 13.4. The van der Waals surface area contributed by atoms with Gasteiger partial charge in [0.05, 0.1) is 11.0 Å². The zero-order valence-corrected chi connectivity index (χ0v) is 28.9. The van der Waals surface area contributed by atoms with Crippen molar-refractivity contribution in [1.29, 1.82) is 0 Å². The molecule has 53 heavy (non-hydrogen) atoms. The van der Waals surface area contributed by atoms with Crippen molar-refractivity contribution in [2.75, 3.05) is 4.90 Å². The Bertz CT molecular complexity index is 2920. The van der Waals surface area contributed by atoms with Crippen LogP contribution in [0.3, 0.4) is 0 Å². The highest BCUT2D eigenvalue weighted by atomic mass is 15.2. The van der Waals surface area contributed by atoms with Gasteiger partial charge in [-0.1, -0.05) is 146 Å². The standard InChI is InChI=1S/C50H33N3/c1-5-14-34(15-6-1)39-25-28-42-44(32-39)47(35-16-7-2-8-17-35)43-29-27-41(33-45(43)48(42)36-18-9-3-10-19-36)53(40-21-11-4-12-22-40)46-30-26-38-24-23-37-20-13-31-51-49(37)50(38)52-46/h1-33H. The maximum Gasteiger partial charge on any atom is 0.138 e. The van der Waals surface area contributed by atoms with Crippen molar-refractivity contribution in [3.8, 4) is 33.4 Å². The van der Waals surface area contributed by atoms with Gasteiger partial charge in [0.25, 0.3) is 0 Å². The van der Waals surface area contributed by atoms with Gasteiger partial charge >= 0.3 is 0 Å². The van der Waals surface area contributed by atoms with Crippen molar-refractivity contribution in [2.24, 2.45) is 0 Å². The molecule has 2 heterocycles. The summed E-state index contributed by atoms with van der Waals surface area (Å²) in [7, 11) is 0. The summed E-state index contributed by atoms with van der Waals surface area (Å²) in [5.74, 6) is 0.832. The Morgan fingerprint density at radius 1 is 0.340 bits per heavy atom. The van der Waals surface area contributed by atoms with E-state index in [0.29, 0.717) is 0 Å². The summed E-state index contributed by atoms with van der Waals surface area (Å²) in [6, 6.07) is 69.3. The molecule has 0 saturated heterocycles. The first-order valence-corrected chi connectivity index (χ1v) is 18.0. The van der Waals surface area contributed by atoms with Crippen molar-refractivity contribution < 1.29 is 0 Å². The van der Waals surface area contributed by atoms with Crippen LogP contribution in [0.25, 0.3) is 76.7 Å². The minimum Gasteiger partial charge on any atom is -0.295 e. The average Bonchev–Trinajstić information content (AvgIpc) is 3.24. The van der Waals surface area contributed by atoms with Gasteiger partial charge in [-0.25, -0.2) is 4.98 Å². The van der Waals surface area contributed by atoms with Gasteiger partial charge in [0.1, 0.15) is 5.82 Å². The summed E-state index contributed by atoms with van der Waals surface area (Å²) in [6.45, 7) is 0. The number of hydrogen-bond acceptors (Lipinski definition) is 3. The number of rotatable bonds is 6. The Balaban J connectivity index is 1.29. The minimum absolute atomic E-state index is 0.832. The van der Waals surface area contributed by atoms with E-state index in [0.717, 1.165) is 39.0 Å². The monoisotopic (exact) mass is 675 g/mol. The molecule has 0 bridgehead atoms. The number of aromatic nitrogens is 2. The van der Waals surface area contributed by atoms with Gasteiger partial charge in [-0.3, -0.25) is 9.88 Å². The number of para-hydroxylation sites is 1. The maximum atomic E-state index is 5.33. The van der Waals surface area contributed by atoms with E-state index in [-0.39, 0.29) is 0 Å². The number of fused-ring (bicyclic) bond motifs is 5. The van der Waals surface area contributed by atoms with Gasteiger partial charge in [0.15, 0.2) is 0 Å². The maximum absolute atomic E-state index is 5.33. The molecule has 0 N–H and O–H groups in total. The van der Waals surface area contributed by atoms with Gasteiger partial charge in [0, 0.05) is 28.3 Å². The van der Waals surface area contributed by atoms with E-state index in [2.05, 4.69) is 193 Å². The molecule has 0 unspecified atom stereocenters. The van der Waals surface area contributed by atoms with Crippen molar-refractivity contribution in [2.45, 2.75) is 0 Å². The Hall–Kier alpha value is -7.10. The average molecular weight is 676 g/mol. The minimum atomic E-state index is 0.832. The molecule has 0 atom stereocenters. The number of anilines is 3. The zero-order valence-electron chi connectivity index (χ0n) is 28.9. The van der Waals surface area contributed by atoms with Crippen LogP contribution in [0.4, 0.5) is 17.2 Å². The molecule has 0 amide bonds. The van der Waals surface area contributed by atoms with Gasteiger partial charge in [-0.15, -0.1) is 0 Å². The molecule has 0 radical (unpaired) electrons. The summed E-state index contributed by atoms with van der Waals surface area (Å²) < 4.78 is 0. The lowest BCUT2D eigenvalue weighted by molar-refractivity contribution is 1.21. The van der Waals surface area contributed by atoms with Crippen LogP contribution in [0.1, 0.15) is 0 Å². The van der Waals surface area contributed by atoms with Crippen molar-refractivity contribution in [1.82, 2.24) is 9.97 Å². The quantitative estimate of drug-likeness (QED) is 0.130. The van der Waals surface area contributed by atoms with Crippen molar-refractivity contribution in [3.63, 3.8) is 0 Å². The first-order valence-electron chi connectivity index (χ1n) is 18.0. The molecule has 3 heteroatoms. The number of hydrogen-bond donors (Lipinski definition) is 0. The molecule has 248 valence electrons. The Morgan fingerprint density at radius 3 is 1.55 bits per heavy atom. The van der Waals surface area contributed by atoms with E-state index in [1.165, 1.54) is 54.9 Å². The lowest BCUT2D eigenvalue weighted by Gasteiger charge is -2.26. The highest BCUT2D eigenvalue weighted by Crippen LogP contribution is 2.47. The van der Waals surface area contributed by atoms with Crippen LogP contribution >= 0.6 is 0 Å². The Labute approximate surface area is 308 Å². The second kappa shape index (κ2) is 12.9. The van der Waals surface area contributed by atoms with Gasteiger partial charge in [0.2, 0.25) is 0 Å². The summed E-state index contributed by atoms with van der Waals surface area (Å²) >= 11 is 0. The molecule has 0 saturated carbocycles. The topological polar surface area (TPSA) is 29.0 Å². The third kappa shape index (κ3) is 5.38. The molecule has 0 fully saturated rings. The van der Waals surface area contributed by atoms with E-state index < -0.39 is 0 Å². The predicted molar refractivity (Wildman–Crippen MR) is 223 cm³/mol. The van der Waals surface area contributed by atoms with Gasteiger partial charge in [-0.2, -0.15) is 0 Å². The van der Waals surface area contributed by atoms with Gasteiger partial charge in [-0.05, 0) is 103 Å². The van der Waals surface area contributed by atoms with Crippen LogP contribution in [0, 0.1) is 0 Å². The second-order valence-electron chi connectivity index (χ2n) is 13.4. The largest absolute Gasteiger partial charge is 0.295 e. The molecular weight excluding hydrogens is 643 g/mol. The number of pyridine rings is 2. The highest BCUT2D eigenvalue weighted by Gasteiger charge is 2.21. The summed E-state index contributed by atoms with van der Waals surface area (Å²) in [5, 5.41) is 6.96. The van der Waals surface area contributed by atoms with Crippen molar-refractivity contribution in [3.05, 3.63) is 200 Å². The van der Waals surface area contributed by atoms with Crippen molar-refractivity contribution >= 4 is 60.5 Å². The van der Waals surface area contributed by atoms with E-state index in [4.69, 9.17) is 9.97 Å². The van der Waals surface area contributed by atoms with Crippen LogP contribution in [-0.4, -0.2) is 9.97 Å². The van der Waals surface area contributed by atoms with E-state index in [9.17, 15) is 0 Å². The van der Waals surface area contributed by atoms with E-state index in [1.54, 1.807) is 0 Å². The molecule has 0 aliphatic heterocycles. The smallest absolute Gasteiger partial charge is 0.138 e. The fourth-order valence-electron chi connectivity index (χ4n) is 7.83. The zero-order chi connectivity index (χ0) is 35.1. The van der Waals surface area contributed by atoms with Crippen LogP contribution in [0.5, 0.6) is 0 Å². The van der Waals surface area contributed by atoms with Crippen LogP contribution in [0.15, 0.2) is 200 Å². The molecule has 10 rings (SSSR count). The SMILES string of the molecule is c1ccc(-c2ccc3c(-c4ccccc4)c4cc(N(c5ccccc5)c5ccc6ccc7cccnc7c6n5)ccc4c(-c4ccccc4)c3c2)cc1. The molecule has 2 aromatic heterocycles. The van der Waals surface area contributed by atoms with Gasteiger partial charge < -0.3 is 0 Å².